The average molecular weight is 270 g/mol. The zero-order valence-corrected chi connectivity index (χ0v) is 11.4. The van der Waals surface area contributed by atoms with Crippen molar-refractivity contribution < 1.29 is 8.42 Å². The van der Waals surface area contributed by atoms with Gasteiger partial charge in [-0.15, -0.1) is 0 Å². The van der Waals surface area contributed by atoms with Crippen LogP contribution in [0.5, 0.6) is 0 Å². The van der Waals surface area contributed by atoms with Gasteiger partial charge >= 0.3 is 0 Å². The zero-order valence-electron chi connectivity index (χ0n) is 10.6. The number of anilines is 1. The Balaban J connectivity index is 2.30. The Morgan fingerprint density at radius 2 is 2.17 bits per heavy atom. The van der Waals surface area contributed by atoms with Crippen molar-refractivity contribution in [3.8, 4) is 0 Å². The van der Waals surface area contributed by atoms with Gasteiger partial charge in [0.25, 0.3) is 10.0 Å². The molecule has 2 rings (SSSR count). The van der Waals surface area contributed by atoms with Crippen molar-refractivity contribution in [2.45, 2.75) is 18.0 Å². The van der Waals surface area contributed by atoms with Crippen molar-refractivity contribution in [2.75, 3.05) is 32.4 Å². The minimum atomic E-state index is -3.58. The molecule has 0 aliphatic carbocycles. The van der Waals surface area contributed by atoms with Gasteiger partial charge in [-0.25, -0.2) is 13.4 Å². The number of sulfonamides is 1. The third-order valence-corrected chi connectivity index (χ3v) is 5.15. The molecule has 1 unspecified atom stereocenters. The number of pyridine rings is 1. The summed E-state index contributed by atoms with van der Waals surface area (Å²) in [5.74, 6) is 0. The number of nitrogen functional groups attached to an aromatic ring is 1. The maximum atomic E-state index is 12.4. The Kier molecular flexibility index (Phi) is 3.56. The Morgan fingerprint density at radius 3 is 2.78 bits per heavy atom. The quantitative estimate of drug-likeness (QED) is 0.817. The van der Waals surface area contributed by atoms with Crippen LogP contribution in [0, 0.1) is 0 Å². The Hall–Kier alpha value is -1.18. The van der Waals surface area contributed by atoms with Crippen LogP contribution in [0.15, 0.2) is 23.4 Å². The van der Waals surface area contributed by atoms with Crippen LogP contribution >= 0.6 is 0 Å². The first kappa shape index (κ1) is 13.3. The second-order valence-corrected chi connectivity index (χ2v) is 6.44. The SMILES string of the molecule is CC1CN(S(=O)(=O)c2ncccc2N)CCN1C. The van der Waals surface area contributed by atoms with E-state index in [0.717, 1.165) is 0 Å². The molecule has 1 aromatic heterocycles. The summed E-state index contributed by atoms with van der Waals surface area (Å²) in [6.07, 6.45) is 1.45. The van der Waals surface area contributed by atoms with Gasteiger partial charge in [-0.05, 0) is 26.1 Å². The van der Waals surface area contributed by atoms with E-state index in [1.54, 1.807) is 12.1 Å². The number of nitrogens with two attached hydrogens (primary N) is 1. The van der Waals surface area contributed by atoms with Gasteiger partial charge in [0.15, 0.2) is 5.03 Å². The Labute approximate surface area is 107 Å². The Morgan fingerprint density at radius 1 is 1.44 bits per heavy atom. The van der Waals surface area contributed by atoms with E-state index < -0.39 is 10.0 Å². The van der Waals surface area contributed by atoms with Crippen molar-refractivity contribution in [3.05, 3.63) is 18.3 Å². The minimum absolute atomic E-state index is 0.0400. The van der Waals surface area contributed by atoms with Gasteiger partial charge in [-0.3, -0.25) is 0 Å². The molecule has 100 valence electrons. The second kappa shape index (κ2) is 4.83. The summed E-state index contributed by atoms with van der Waals surface area (Å²) in [6, 6.07) is 3.37. The van der Waals surface area contributed by atoms with Gasteiger partial charge in [0.05, 0.1) is 5.69 Å². The van der Waals surface area contributed by atoms with Gasteiger partial charge in [0.1, 0.15) is 0 Å². The highest BCUT2D eigenvalue weighted by Crippen LogP contribution is 2.21. The van der Waals surface area contributed by atoms with E-state index in [2.05, 4.69) is 9.88 Å². The highest BCUT2D eigenvalue weighted by molar-refractivity contribution is 7.89. The second-order valence-electron chi connectivity index (χ2n) is 4.59. The predicted octanol–water partition coefficient (Wildman–Crippen LogP) is -0.0116. The van der Waals surface area contributed by atoms with Crippen LogP contribution in [0.25, 0.3) is 0 Å². The van der Waals surface area contributed by atoms with Crippen molar-refractivity contribution in [1.29, 1.82) is 0 Å². The largest absolute Gasteiger partial charge is 0.396 e. The van der Waals surface area contributed by atoms with E-state index in [-0.39, 0.29) is 16.8 Å². The molecule has 18 heavy (non-hydrogen) atoms. The molecule has 1 atom stereocenters. The molecule has 0 bridgehead atoms. The number of likely N-dealkylation sites (N-methyl/N-ethyl adjacent to an activating group) is 1. The third-order valence-electron chi connectivity index (χ3n) is 3.31. The lowest BCUT2D eigenvalue weighted by Crippen LogP contribution is -2.52. The molecule has 0 amide bonds. The molecule has 0 aromatic carbocycles. The molecule has 2 heterocycles. The lowest BCUT2D eigenvalue weighted by Gasteiger charge is -2.36. The van der Waals surface area contributed by atoms with E-state index in [0.29, 0.717) is 19.6 Å². The van der Waals surface area contributed by atoms with Gasteiger partial charge in [-0.1, -0.05) is 0 Å². The molecule has 0 spiro atoms. The number of piperazine rings is 1. The van der Waals surface area contributed by atoms with Crippen LogP contribution in [-0.2, 0) is 10.0 Å². The molecule has 1 fully saturated rings. The van der Waals surface area contributed by atoms with Gasteiger partial charge in [-0.2, -0.15) is 4.31 Å². The fraction of sp³-hybridized carbons (Fsp3) is 0.545. The maximum absolute atomic E-state index is 12.4. The summed E-state index contributed by atoms with van der Waals surface area (Å²) in [6.45, 7) is 3.66. The number of nitrogens with zero attached hydrogens (tertiary/aromatic N) is 3. The molecule has 6 nitrogen and oxygen atoms in total. The first-order valence-corrected chi connectivity index (χ1v) is 7.28. The first-order valence-electron chi connectivity index (χ1n) is 5.84. The standard InChI is InChI=1S/C11H18N4O2S/c1-9-8-15(7-6-14(9)2)18(16,17)11-10(12)4-3-5-13-11/h3-5,9H,6-8,12H2,1-2H3. The monoisotopic (exact) mass is 270 g/mol. The lowest BCUT2D eigenvalue weighted by atomic mass is 10.2. The van der Waals surface area contributed by atoms with Gasteiger partial charge < -0.3 is 10.6 Å². The van der Waals surface area contributed by atoms with E-state index in [1.807, 2.05) is 14.0 Å². The van der Waals surface area contributed by atoms with Crippen molar-refractivity contribution in [1.82, 2.24) is 14.2 Å². The topological polar surface area (TPSA) is 79.5 Å². The lowest BCUT2D eigenvalue weighted by molar-refractivity contribution is 0.159. The number of hydrogen-bond donors (Lipinski definition) is 1. The van der Waals surface area contributed by atoms with Gasteiger partial charge in [0.2, 0.25) is 0 Å². The Bertz CT molecular complexity index is 532. The fourth-order valence-corrected chi connectivity index (χ4v) is 3.51. The van der Waals surface area contributed by atoms with Crippen molar-refractivity contribution >= 4 is 15.7 Å². The highest BCUT2D eigenvalue weighted by Gasteiger charge is 2.32. The van der Waals surface area contributed by atoms with Crippen LogP contribution in [0.1, 0.15) is 6.92 Å². The minimum Gasteiger partial charge on any atom is -0.396 e. The molecular weight excluding hydrogens is 252 g/mol. The summed E-state index contributed by atoms with van der Waals surface area (Å²) in [5.41, 5.74) is 5.89. The highest BCUT2D eigenvalue weighted by atomic mass is 32.2. The molecule has 0 saturated carbocycles. The molecule has 2 N–H and O–H groups in total. The van der Waals surface area contributed by atoms with Crippen LogP contribution in [0.4, 0.5) is 5.69 Å². The summed E-state index contributed by atoms with van der Waals surface area (Å²) < 4.78 is 26.3. The third kappa shape index (κ3) is 2.33. The first-order chi connectivity index (χ1) is 8.43. The van der Waals surface area contributed by atoms with Crippen molar-refractivity contribution in [2.24, 2.45) is 0 Å². The normalized spacial score (nSPS) is 23.1. The molecule has 0 radical (unpaired) electrons. The fourth-order valence-electron chi connectivity index (χ4n) is 1.97. The predicted molar refractivity (Wildman–Crippen MR) is 69.5 cm³/mol. The molecule has 7 heteroatoms. The number of hydrogen-bond acceptors (Lipinski definition) is 5. The average Bonchev–Trinajstić information content (AvgIpc) is 2.33. The van der Waals surface area contributed by atoms with Crippen LogP contribution in [0.3, 0.4) is 0 Å². The zero-order chi connectivity index (χ0) is 13.3. The molecule has 1 aliphatic heterocycles. The summed E-state index contributed by atoms with van der Waals surface area (Å²) in [5, 5.41) is -0.0400. The smallest absolute Gasteiger partial charge is 0.262 e. The summed E-state index contributed by atoms with van der Waals surface area (Å²) >= 11 is 0. The molecule has 1 aliphatic rings. The summed E-state index contributed by atoms with van der Waals surface area (Å²) in [4.78, 5) is 6.03. The molecule has 1 saturated heterocycles. The number of aromatic nitrogens is 1. The van der Waals surface area contributed by atoms with Gasteiger partial charge in [0, 0.05) is 31.9 Å². The van der Waals surface area contributed by atoms with E-state index in [4.69, 9.17) is 5.73 Å². The summed E-state index contributed by atoms with van der Waals surface area (Å²) in [7, 11) is -1.59. The van der Waals surface area contributed by atoms with E-state index >= 15 is 0 Å². The van der Waals surface area contributed by atoms with Crippen LogP contribution in [-0.4, -0.2) is 55.3 Å². The molecular formula is C11H18N4O2S. The van der Waals surface area contributed by atoms with E-state index in [1.165, 1.54) is 10.5 Å². The van der Waals surface area contributed by atoms with Crippen LogP contribution in [0.2, 0.25) is 0 Å². The molecule has 1 aromatic rings. The number of rotatable bonds is 2. The van der Waals surface area contributed by atoms with E-state index in [9.17, 15) is 8.42 Å². The van der Waals surface area contributed by atoms with Crippen molar-refractivity contribution in [3.63, 3.8) is 0 Å². The van der Waals surface area contributed by atoms with Crippen LogP contribution < -0.4 is 5.73 Å². The maximum Gasteiger partial charge on any atom is 0.262 e.